The molecule has 0 aliphatic carbocycles. The van der Waals surface area contributed by atoms with Gasteiger partial charge in [-0.15, -0.1) is 0 Å². The standard InChI is InChI=1S/C14H16ClFN2O2/c1-9(14(20)18-6-2-3-7-18)17-13(19)11-8-10(15)4-5-12(11)16/h4-5,8-9H,2-3,6-7H2,1H3,(H,17,19). The number of halogens is 2. The summed E-state index contributed by atoms with van der Waals surface area (Å²) in [5.74, 6) is -1.43. The summed E-state index contributed by atoms with van der Waals surface area (Å²) in [4.78, 5) is 25.7. The van der Waals surface area contributed by atoms with E-state index in [1.165, 1.54) is 12.1 Å². The number of hydrogen-bond acceptors (Lipinski definition) is 2. The van der Waals surface area contributed by atoms with Crippen LogP contribution in [0.15, 0.2) is 18.2 Å². The quantitative estimate of drug-likeness (QED) is 0.930. The molecule has 1 aromatic rings. The molecule has 0 saturated carbocycles. The van der Waals surface area contributed by atoms with Crippen molar-refractivity contribution in [3.63, 3.8) is 0 Å². The molecule has 1 unspecified atom stereocenters. The highest BCUT2D eigenvalue weighted by Crippen LogP contribution is 2.15. The fourth-order valence-corrected chi connectivity index (χ4v) is 2.39. The Bertz CT molecular complexity index is 530. The second-order valence-corrected chi connectivity index (χ2v) is 5.29. The smallest absolute Gasteiger partial charge is 0.254 e. The lowest BCUT2D eigenvalue weighted by atomic mass is 10.2. The van der Waals surface area contributed by atoms with Gasteiger partial charge in [0.15, 0.2) is 0 Å². The first kappa shape index (κ1) is 14.8. The predicted molar refractivity (Wildman–Crippen MR) is 74.2 cm³/mol. The number of carbonyl (C=O) groups excluding carboxylic acids is 2. The summed E-state index contributed by atoms with van der Waals surface area (Å²) in [5.41, 5.74) is -0.154. The molecule has 1 N–H and O–H groups in total. The molecule has 2 rings (SSSR count). The van der Waals surface area contributed by atoms with E-state index in [9.17, 15) is 14.0 Å². The maximum absolute atomic E-state index is 13.6. The largest absolute Gasteiger partial charge is 0.341 e. The van der Waals surface area contributed by atoms with E-state index in [1.807, 2.05) is 0 Å². The molecule has 1 aliphatic rings. The monoisotopic (exact) mass is 298 g/mol. The van der Waals surface area contributed by atoms with E-state index in [0.29, 0.717) is 13.1 Å². The van der Waals surface area contributed by atoms with Gasteiger partial charge in [-0.1, -0.05) is 11.6 Å². The average Bonchev–Trinajstić information content (AvgIpc) is 2.94. The summed E-state index contributed by atoms with van der Waals surface area (Å²) in [6, 6.07) is 3.06. The minimum atomic E-state index is -0.681. The molecular weight excluding hydrogens is 283 g/mol. The minimum absolute atomic E-state index is 0.140. The Morgan fingerprint density at radius 1 is 1.35 bits per heavy atom. The van der Waals surface area contributed by atoms with Gasteiger partial charge in [-0.25, -0.2) is 4.39 Å². The number of nitrogens with one attached hydrogen (secondary N) is 1. The van der Waals surface area contributed by atoms with Gasteiger partial charge in [0, 0.05) is 18.1 Å². The normalized spacial score (nSPS) is 16.1. The highest BCUT2D eigenvalue weighted by molar-refractivity contribution is 6.31. The van der Waals surface area contributed by atoms with Gasteiger partial charge in [0.2, 0.25) is 5.91 Å². The van der Waals surface area contributed by atoms with Crippen molar-refractivity contribution in [2.24, 2.45) is 0 Å². The summed E-state index contributed by atoms with van der Waals surface area (Å²) >= 11 is 5.74. The Labute approximate surface area is 121 Å². The molecule has 1 atom stereocenters. The molecule has 1 aliphatic heterocycles. The molecule has 6 heteroatoms. The fraction of sp³-hybridized carbons (Fsp3) is 0.429. The lowest BCUT2D eigenvalue weighted by Gasteiger charge is -2.21. The number of likely N-dealkylation sites (tertiary alicyclic amines) is 1. The Kier molecular flexibility index (Phi) is 4.60. The van der Waals surface area contributed by atoms with Crippen molar-refractivity contribution >= 4 is 23.4 Å². The number of rotatable bonds is 3. The molecule has 108 valence electrons. The second kappa shape index (κ2) is 6.22. The van der Waals surface area contributed by atoms with E-state index >= 15 is 0 Å². The number of amides is 2. The zero-order valence-corrected chi connectivity index (χ0v) is 11.9. The number of hydrogen-bond donors (Lipinski definition) is 1. The SMILES string of the molecule is CC(NC(=O)c1cc(Cl)ccc1F)C(=O)N1CCCC1. The van der Waals surface area contributed by atoms with Crippen LogP contribution in [-0.2, 0) is 4.79 Å². The van der Waals surface area contributed by atoms with Crippen LogP contribution in [0.1, 0.15) is 30.1 Å². The van der Waals surface area contributed by atoms with Crippen LogP contribution in [0, 0.1) is 5.82 Å². The van der Waals surface area contributed by atoms with E-state index in [1.54, 1.807) is 11.8 Å². The molecule has 1 aromatic carbocycles. The third-order valence-electron chi connectivity index (χ3n) is 3.31. The zero-order chi connectivity index (χ0) is 14.7. The molecular formula is C14H16ClFN2O2. The number of carbonyl (C=O) groups is 2. The van der Waals surface area contributed by atoms with Crippen LogP contribution in [0.2, 0.25) is 5.02 Å². The van der Waals surface area contributed by atoms with Crippen molar-refractivity contribution in [1.82, 2.24) is 10.2 Å². The van der Waals surface area contributed by atoms with Crippen molar-refractivity contribution in [3.8, 4) is 0 Å². The Hall–Kier alpha value is -1.62. The summed E-state index contributed by atoms with van der Waals surface area (Å²) in [6.45, 7) is 3.02. The van der Waals surface area contributed by atoms with Gasteiger partial charge in [-0.05, 0) is 38.0 Å². The summed E-state index contributed by atoms with van der Waals surface area (Å²) in [7, 11) is 0. The molecule has 0 bridgehead atoms. The molecule has 20 heavy (non-hydrogen) atoms. The van der Waals surface area contributed by atoms with E-state index in [-0.39, 0.29) is 16.5 Å². The number of benzene rings is 1. The first-order chi connectivity index (χ1) is 9.49. The summed E-state index contributed by atoms with van der Waals surface area (Å²) in [6.07, 6.45) is 1.96. The average molecular weight is 299 g/mol. The van der Waals surface area contributed by atoms with Gasteiger partial charge in [0.05, 0.1) is 5.56 Å². The maximum Gasteiger partial charge on any atom is 0.254 e. The van der Waals surface area contributed by atoms with Crippen molar-refractivity contribution in [2.45, 2.75) is 25.8 Å². The molecule has 4 nitrogen and oxygen atoms in total. The van der Waals surface area contributed by atoms with Crippen LogP contribution >= 0.6 is 11.6 Å². The molecule has 1 heterocycles. The van der Waals surface area contributed by atoms with Gasteiger partial charge in [-0.2, -0.15) is 0 Å². The lowest BCUT2D eigenvalue weighted by molar-refractivity contribution is -0.131. The van der Waals surface area contributed by atoms with Crippen LogP contribution in [-0.4, -0.2) is 35.8 Å². The second-order valence-electron chi connectivity index (χ2n) is 4.85. The van der Waals surface area contributed by atoms with Gasteiger partial charge in [0.1, 0.15) is 11.9 Å². The van der Waals surface area contributed by atoms with Crippen LogP contribution in [0.3, 0.4) is 0 Å². The first-order valence-corrected chi connectivity index (χ1v) is 6.91. The minimum Gasteiger partial charge on any atom is -0.341 e. The van der Waals surface area contributed by atoms with Crippen LogP contribution < -0.4 is 5.32 Å². The topological polar surface area (TPSA) is 49.4 Å². The predicted octanol–water partition coefficient (Wildman–Crippen LogP) is 2.22. The van der Waals surface area contributed by atoms with Crippen molar-refractivity contribution in [1.29, 1.82) is 0 Å². The Morgan fingerprint density at radius 3 is 2.65 bits per heavy atom. The van der Waals surface area contributed by atoms with Gasteiger partial charge in [-0.3, -0.25) is 9.59 Å². The van der Waals surface area contributed by atoms with E-state index < -0.39 is 17.8 Å². The van der Waals surface area contributed by atoms with Crippen molar-refractivity contribution in [3.05, 3.63) is 34.6 Å². The van der Waals surface area contributed by atoms with Crippen LogP contribution in [0.5, 0.6) is 0 Å². The van der Waals surface area contributed by atoms with Gasteiger partial charge < -0.3 is 10.2 Å². The van der Waals surface area contributed by atoms with Crippen molar-refractivity contribution in [2.75, 3.05) is 13.1 Å². The molecule has 0 radical (unpaired) electrons. The third kappa shape index (κ3) is 3.28. The van der Waals surface area contributed by atoms with E-state index in [0.717, 1.165) is 18.9 Å². The van der Waals surface area contributed by atoms with Gasteiger partial charge >= 0.3 is 0 Å². The van der Waals surface area contributed by atoms with E-state index in [2.05, 4.69) is 5.32 Å². The molecule has 1 fully saturated rings. The highest BCUT2D eigenvalue weighted by atomic mass is 35.5. The molecule has 0 aromatic heterocycles. The van der Waals surface area contributed by atoms with Crippen LogP contribution in [0.4, 0.5) is 4.39 Å². The van der Waals surface area contributed by atoms with Crippen molar-refractivity contribution < 1.29 is 14.0 Å². The summed E-state index contributed by atoms with van der Waals surface area (Å²) < 4.78 is 13.6. The summed E-state index contributed by atoms with van der Waals surface area (Å²) in [5, 5.41) is 2.79. The van der Waals surface area contributed by atoms with E-state index in [4.69, 9.17) is 11.6 Å². The Balaban J connectivity index is 2.03. The first-order valence-electron chi connectivity index (χ1n) is 6.54. The zero-order valence-electron chi connectivity index (χ0n) is 11.2. The van der Waals surface area contributed by atoms with Crippen LogP contribution in [0.25, 0.3) is 0 Å². The lowest BCUT2D eigenvalue weighted by Crippen LogP contribution is -2.46. The fourth-order valence-electron chi connectivity index (χ4n) is 2.22. The maximum atomic E-state index is 13.6. The molecule has 0 spiro atoms. The Morgan fingerprint density at radius 2 is 2.00 bits per heavy atom. The third-order valence-corrected chi connectivity index (χ3v) is 3.54. The number of nitrogens with zero attached hydrogens (tertiary/aromatic N) is 1. The molecule has 2 amide bonds. The van der Waals surface area contributed by atoms with Gasteiger partial charge in [0.25, 0.3) is 5.91 Å². The highest BCUT2D eigenvalue weighted by Gasteiger charge is 2.25. The molecule has 1 saturated heterocycles.